The summed E-state index contributed by atoms with van der Waals surface area (Å²) < 4.78 is 4.96. The first-order valence-electron chi connectivity index (χ1n) is 6.74. The van der Waals surface area contributed by atoms with E-state index in [9.17, 15) is 14.9 Å². The van der Waals surface area contributed by atoms with Gasteiger partial charge in [0, 0.05) is 17.2 Å². The monoisotopic (exact) mass is 319 g/mol. The number of nitrogens with zero attached hydrogens (tertiary/aromatic N) is 3. The number of nitro benzene ring substituents is 1. The Hall–Kier alpha value is -2.35. The van der Waals surface area contributed by atoms with Crippen LogP contribution < -0.4 is 0 Å². The average Bonchev–Trinajstić information content (AvgIpc) is 3.06. The Labute approximate surface area is 130 Å². The molecular weight excluding hydrogens is 306 g/mol. The summed E-state index contributed by atoms with van der Waals surface area (Å²) >= 11 is 1.33. The predicted molar refractivity (Wildman–Crippen MR) is 83.2 cm³/mol. The van der Waals surface area contributed by atoms with Crippen molar-refractivity contribution in [3.8, 4) is 0 Å². The van der Waals surface area contributed by atoms with Crippen molar-refractivity contribution in [1.82, 2.24) is 4.90 Å². The number of rotatable bonds is 4. The largest absolute Gasteiger partial charge is 0.464 e. The summed E-state index contributed by atoms with van der Waals surface area (Å²) in [4.78, 5) is 29.3. The summed E-state index contributed by atoms with van der Waals surface area (Å²) in [5.41, 5.74) is 0.618. The second kappa shape index (κ2) is 5.80. The average molecular weight is 319 g/mol. The number of aliphatic imine (C=N–C) groups is 1. The minimum Gasteiger partial charge on any atom is -0.464 e. The van der Waals surface area contributed by atoms with Crippen LogP contribution in [0, 0.1) is 10.1 Å². The molecule has 2 heterocycles. The zero-order valence-electron chi connectivity index (χ0n) is 11.8. The van der Waals surface area contributed by atoms with Gasteiger partial charge in [0.25, 0.3) is 5.69 Å². The quantitative estimate of drug-likeness (QED) is 0.481. The third-order valence-corrected chi connectivity index (χ3v) is 4.35. The Bertz CT molecular complexity index is 701. The molecule has 0 saturated heterocycles. The van der Waals surface area contributed by atoms with E-state index in [0.717, 1.165) is 4.91 Å². The van der Waals surface area contributed by atoms with Gasteiger partial charge in [-0.1, -0.05) is 12.1 Å². The third-order valence-electron chi connectivity index (χ3n) is 3.28. The van der Waals surface area contributed by atoms with Crippen molar-refractivity contribution in [2.45, 2.75) is 13.0 Å². The number of para-hydroxylation sites is 1. The van der Waals surface area contributed by atoms with Crippen LogP contribution in [0.3, 0.4) is 0 Å². The van der Waals surface area contributed by atoms with Crippen LogP contribution in [0.4, 0.5) is 5.69 Å². The van der Waals surface area contributed by atoms with Crippen LogP contribution >= 0.6 is 11.8 Å². The van der Waals surface area contributed by atoms with Crippen LogP contribution in [-0.4, -0.2) is 40.2 Å². The number of hydrogen-bond donors (Lipinski definition) is 0. The van der Waals surface area contributed by atoms with Gasteiger partial charge in [0.2, 0.25) is 0 Å². The second-order valence-corrected chi connectivity index (χ2v) is 5.71. The van der Waals surface area contributed by atoms with Crippen LogP contribution in [0.2, 0.25) is 0 Å². The van der Waals surface area contributed by atoms with Crippen LogP contribution in [-0.2, 0) is 9.53 Å². The summed E-state index contributed by atoms with van der Waals surface area (Å²) in [6.45, 7) is 2.48. The lowest BCUT2D eigenvalue weighted by Crippen LogP contribution is -2.27. The number of ether oxygens (including phenoxy) is 1. The highest BCUT2D eigenvalue weighted by molar-refractivity contribution is 8.22. The molecule has 1 aromatic carbocycles. The van der Waals surface area contributed by atoms with Gasteiger partial charge in [-0.2, -0.15) is 0 Å². The molecule has 1 unspecified atom stereocenters. The molecule has 0 fully saturated rings. The number of fused-ring (bicyclic) bond motifs is 1. The maximum atomic E-state index is 11.7. The Kier molecular flexibility index (Phi) is 3.84. The number of benzene rings is 1. The van der Waals surface area contributed by atoms with Crippen LogP contribution in [0.15, 0.2) is 35.5 Å². The van der Waals surface area contributed by atoms with E-state index in [1.54, 1.807) is 31.3 Å². The fourth-order valence-corrected chi connectivity index (χ4v) is 3.39. The van der Waals surface area contributed by atoms with Gasteiger partial charge in [-0.3, -0.25) is 10.1 Å². The van der Waals surface area contributed by atoms with E-state index in [0.29, 0.717) is 23.9 Å². The van der Waals surface area contributed by atoms with E-state index in [-0.39, 0.29) is 11.7 Å². The van der Waals surface area contributed by atoms with Crippen molar-refractivity contribution in [2.24, 2.45) is 4.99 Å². The predicted octanol–water partition coefficient (Wildman–Crippen LogP) is 2.24. The van der Waals surface area contributed by atoms with Crippen LogP contribution in [0.5, 0.6) is 0 Å². The number of hydrogen-bond acceptors (Lipinski definition) is 7. The lowest BCUT2D eigenvalue weighted by Gasteiger charge is -2.09. The summed E-state index contributed by atoms with van der Waals surface area (Å²) in [5, 5.41) is 11.8. The molecule has 1 aromatic rings. The molecule has 0 bridgehead atoms. The Morgan fingerprint density at radius 2 is 2.32 bits per heavy atom. The first kappa shape index (κ1) is 14.6. The lowest BCUT2D eigenvalue weighted by molar-refractivity contribution is -0.385. The van der Waals surface area contributed by atoms with Crippen molar-refractivity contribution in [3.63, 3.8) is 0 Å². The minimum absolute atomic E-state index is 0.0602. The molecule has 0 N–H and O–H groups in total. The van der Waals surface area contributed by atoms with Crippen LogP contribution in [0.25, 0.3) is 4.91 Å². The molecule has 0 saturated carbocycles. The number of amidine groups is 1. The summed E-state index contributed by atoms with van der Waals surface area (Å²) in [7, 11) is 0. The van der Waals surface area contributed by atoms with E-state index in [2.05, 4.69) is 4.99 Å². The van der Waals surface area contributed by atoms with Crippen molar-refractivity contribution in [3.05, 3.63) is 46.1 Å². The maximum Gasteiger partial charge on any atom is 0.332 e. The van der Waals surface area contributed by atoms with Gasteiger partial charge in [-0.05, 0) is 24.8 Å². The van der Waals surface area contributed by atoms with Crippen molar-refractivity contribution >= 4 is 33.5 Å². The molecule has 0 radical (unpaired) electrons. The minimum atomic E-state index is -0.522. The number of thioether (sulfide) groups is 1. The molecule has 3 rings (SSSR count). The highest BCUT2D eigenvalue weighted by Gasteiger charge is 2.36. The van der Waals surface area contributed by atoms with E-state index >= 15 is 0 Å². The number of carbonyl (C=O) groups excluding carboxylic acids is 1. The highest BCUT2D eigenvalue weighted by Crippen LogP contribution is 2.41. The number of carbonyl (C=O) groups is 1. The van der Waals surface area contributed by atoms with Crippen molar-refractivity contribution < 1.29 is 14.5 Å². The van der Waals surface area contributed by atoms with Gasteiger partial charge >= 0.3 is 5.97 Å². The molecule has 0 aliphatic carbocycles. The Balaban J connectivity index is 1.80. The summed E-state index contributed by atoms with van der Waals surface area (Å²) in [6, 6.07) is 6.06. The first-order chi connectivity index (χ1) is 10.6. The summed E-state index contributed by atoms with van der Waals surface area (Å²) in [6.07, 6.45) is 1.80. The fourth-order valence-electron chi connectivity index (χ4n) is 2.30. The van der Waals surface area contributed by atoms with Gasteiger partial charge in [0.15, 0.2) is 11.2 Å². The highest BCUT2D eigenvalue weighted by atomic mass is 32.2. The van der Waals surface area contributed by atoms with Crippen molar-refractivity contribution in [2.75, 3.05) is 13.2 Å². The maximum absolute atomic E-state index is 11.7. The standard InChI is InChI=1S/C14H13N3O4S/c1-2-21-13(18)10-7-16-8-12(22-14(16)15-10)9-5-3-4-6-11(9)17(19)20/h3-6,8,10H,2,7H2,1H3. The molecule has 22 heavy (non-hydrogen) atoms. The molecule has 7 nitrogen and oxygen atoms in total. The molecule has 2 aliphatic heterocycles. The van der Waals surface area contributed by atoms with Gasteiger partial charge < -0.3 is 9.64 Å². The van der Waals surface area contributed by atoms with Crippen LogP contribution in [0.1, 0.15) is 12.5 Å². The molecule has 0 spiro atoms. The summed E-state index contributed by atoms with van der Waals surface area (Å²) in [5.74, 6) is -0.342. The molecule has 1 atom stereocenters. The normalized spacial score (nSPS) is 19.5. The lowest BCUT2D eigenvalue weighted by atomic mass is 10.2. The van der Waals surface area contributed by atoms with Crippen molar-refractivity contribution in [1.29, 1.82) is 0 Å². The van der Waals surface area contributed by atoms with E-state index in [1.165, 1.54) is 17.8 Å². The zero-order chi connectivity index (χ0) is 15.7. The van der Waals surface area contributed by atoms with E-state index in [1.807, 2.05) is 4.90 Å². The number of esters is 1. The first-order valence-corrected chi connectivity index (χ1v) is 7.56. The van der Waals surface area contributed by atoms with Gasteiger partial charge in [-0.15, -0.1) is 0 Å². The zero-order valence-corrected chi connectivity index (χ0v) is 12.6. The topological polar surface area (TPSA) is 85.0 Å². The SMILES string of the molecule is CCOC(=O)C1CN2C=C(c3ccccc3[N+](=O)[O-])SC2=N1. The molecule has 8 heteroatoms. The second-order valence-electron chi connectivity index (χ2n) is 4.70. The van der Waals surface area contributed by atoms with E-state index < -0.39 is 11.0 Å². The Morgan fingerprint density at radius 3 is 3.00 bits per heavy atom. The fraction of sp³-hybridized carbons (Fsp3) is 0.286. The molecule has 2 aliphatic rings. The Morgan fingerprint density at radius 1 is 1.55 bits per heavy atom. The third kappa shape index (κ3) is 2.57. The molecule has 0 amide bonds. The number of nitro groups is 1. The molecular formula is C14H13N3O4S. The van der Waals surface area contributed by atoms with Gasteiger partial charge in [0.1, 0.15) is 0 Å². The van der Waals surface area contributed by atoms with Gasteiger partial charge in [0.05, 0.1) is 23.6 Å². The van der Waals surface area contributed by atoms with E-state index in [4.69, 9.17) is 4.74 Å². The molecule has 114 valence electrons. The molecule has 0 aromatic heterocycles. The smallest absolute Gasteiger partial charge is 0.332 e. The van der Waals surface area contributed by atoms with Gasteiger partial charge in [-0.25, -0.2) is 9.79 Å².